The van der Waals surface area contributed by atoms with Gasteiger partial charge >= 0.3 is 18.0 Å². The maximum Gasteiger partial charge on any atom is 0.435 e. The Labute approximate surface area is 198 Å². The molecule has 33 heavy (non-hydrogen) atoms. The van der Waals surface area contributed by atoms with Gasteiger partial charge in [0, 0.05) is 21.4 Å². The van der Waals surface area contributed by atoms with E-state index in [4.69, 9.17) is 5.26 Å². The minimum atomic E-state index is -6.19. The molecule has 0 radical (unpaired) electrons. The van der Waals surface area contributed by atoms with Crippen LogP contribution in [0.25, 0.3) is 0 Å². The molecule has 0 spiro atoms. The molecule has 0 aliphatic carbocycles. The van der Waals surface area contributed by atoms with Crippen LogP contribution in [0.3, 0.4) is 0 Å². The van der Waals surface area contributed by atoms with Crippen LogP contribution in [0, 0.1) is 14.9 Å². The van der Waals surface area contributed by atoms with E-state index in [1.165, 1.54) is 13.8 Å². The highest BCUT2D eigenvalue weighted by Gasteiger charge is 2.73. The molecular weight excluding hydrogens is 570 g/mol. The Bertz CT molecular complexity index is 1040. The summed E-state index contributed by atoms with van der Waals surface area (Å²) in [6.07, 6.45) is -12.4. The van der Waals surface area contributed by atoms with Crippen LogP contribution in [0.4, 0.5) is 36.4 Å². The molecule has 0 aliphatic heterocycles. The number of anilines is 1. The number of nitrogens with zero attached hydrogens (tertiary/aromatic N) is 1. The molecular formula is C21H17F7IN3O. The van der Waals surface area contributed by atoms with Gasteiger partial charge in [-0.05, 0) is 60.2 Å². The number of nitriles is 1. The van der Waals surface area contributed by atoms with Gasteiger partial charge in [-0.1, -0.05) is 24.3 Å². The number of carbonyl (C=O) groups is 1. The first-order chi connectivity index (χ1) is 15.0. The second-order valence-electron chi connectivity index (χ2n) is 7.55. The molecule has 0 aliphatic rings. The lowest BCUT2D eigenvalue weighted by atomic mass is 9.94. The van der Waals surface area contributed by atoms with E-state index in [1.807, 2.05) is 28.7 Å². The van der Waals surface area contributed by atoms with E-state index in [-0.39, 0.29) is 17.8 Å². The third-order valence-electron chi connectivity index (χ3n) is 4.58. The van der Waals surface area contributed by atoms with Gasteiger partial charge in [0.05, 0.1) is 11.6 Å². The number of alkyl halides is 7. The maximum absolute atomic E-state index is 14.1. The maximum atomic E-state index is 14.1. The van der Waals surface area contributed by atoms with Crippen molar-refractivity contribution in [2.45, 2.75) is 44.0 Å². The Morgan fingerprint density at radius 1 is 0.970 bits per heavy atom. The summed E-state index contributed by atoms with van der Waals surface area (Å²) in [7, 11) is 0. The average molecular weight is 587 g/mol. The number of amides is 1. The lowest BCUT2D eigenvalue weighted by Crippen LogP contribution is -2.50. The van der Waals surface area contributed by atoms with E-state index in [2.05, 4.69) is 10.6 Å². The van der Waals surface area contributed by atoms with E-state index in [0.717, 1.165) is 12.1 Å². The summed E-state index contributed by atoms with van der Waals surface area (Å²) >= 11 is 1.92. The van der Waals surface area contributed by atoms with Crippen LogP contribution >= 0.6 is 22.6 Å². The molecule has 2 aromatic rings. The average Bonchev–Trinajstić information content (AvgIpc) is 2.70. The van der Waals surface area contributed by atoms with Crippen LogP contribution in [0.1, 0.15) is 35.3 Å². The Morgan fingerprint density at radius 2 is 1.52 bits per heavy atom. The predicted molar refractivity (Wildman–Crippen MR) is 115 cm³/mol. The van der Waals surface area contributed by atoms with Gasteiger partial charge in [0.2, 0.25) is 0 Å². The van der Waals surface area contributed by atoms with Crippen molar-refractivity contribution in [3.63, 3.8) is 0 Å². The molecule has 0 aromatic heterocycles. The van der Waals surface area contributed by atoms with Gasteiger partial charge in [-0.15, -0.1) is 0 Å². The lowest BCUT2D eigenvalue weighted by Gasteiger charge is -2.30. The molecule has 0 heterocycles. The van der Waals surface area contributed by atoms with Crippen molar-refractivity contribution in [3.05, 3.63) is 62.7 Å². The van der Waals surface area contributed by atoms with E-state index in [0.29, 0.717) is 21.3 Å². The van der Waals surface area contributed by atoms with Crippen LogP contribution < -0.4 is 10.6 Å². The zero-order valence-corrected chi connectivity index (χ0v) is 19.3. The monoisotopic (exact) mass is 587 g/mol. The minimum absolute atomic E-state index is 0.0226. The van der Waals surface area contributed by atoms with Gasteiger partial charge in [-0.2, -0.15) is 31.6 Å². The fraction of sp³-hybridized carbons (Fsp3) is 0.333. The number of benzene rings is 2. The van der Waals surface area contributed by atoms with Crippen molar-refractivity contribution in [2.24, 2.45) is 0 Å². The Balaban J connectivity index is 2.28. The van der Waals surface area contributed by atoms with Crippen LogP contribution in [0.15, 0.2) is 42.5 Å². The van der Waals surface area contributed by atoms with Crippen LogP contribution in [-0.4, -0.2) is 23.8 Å². The Kier molecular flexibility index (Phi) is 7.57. The van der Waals surface area contributed by atoms with Gasteiger partial charge in [0.15, 0.2) is 0 Å². The third-order valence-corrected chi connectivity index (χ3v) is 5.48. The van der Waals surface area contributed by atoms with Crippen molar-refractivity contribution in [1.82, 2.24) is 5.32 Å². The number of hydrogen-bond donors (Lipinski definition) is 2. The van der Waals surface area contributed by atoms with Crippen molar-refractivity contribution in [3.8, 4) is 6.07 Å². The van der Waals surface area contributed by atoms with E-state index in [1.54, 1.807) is 18.2 Å². The zero-order chi connectivity index (χ0) is 25.2. The summed E-state index contributed by atoms with van der Waals surface area (Å²) in [5.74, 6) is -0.531. The van der Waals surface area contributed by atoms with Gasteiger partial charge in [-0.3, -0.25) is 4.79 Å². The summed E-state index contributed by atoms with van der Waals surface area (Å²) in [4.78, 5) is 12.7. The first-order valence-electron chi connectivity index (χ1n) is 9.21. The van der Waals surface area contributed by atoms with Crippen LogP contribution in [0.5, 0.6) is 0 Å². The topological polar surface area (TPSA) is 64.9 Å². The fourth-order valence-electron chi connectivity index (χ4n) is 2.85. The molecule has 0 atom stereocenters. The summed E-state index contributed by atoms with van der Waals surface area (Å²) in [5, 5.41) is 14.5. The SMILES string of the molecule is CC(C)(C#N)NC(=O)c1c(I)cccc1CNc1ccc(C(F)(C(F)(F)F)C(F)(F)F)cc1. The molecule has 0 saturated heterocycles. The molecule has 0 unspecified atom stereocenters. The van der Waals surface area contributed by atoms with Gasteiger partial charge in [0.25, 0.3) is 5.91 Å². The predicted octanol–water partition coefficient (Wildman–Crippen LogP) is 6.22. The second kappa shape index (κ2) is 9.36. The zero-order valence-electron chi connectivity index (χ0n) is 17.1. The smallest absolute Gasteiger partial charge is 0.381 e. The normalized spacial score (nSPS) is 12.8. The lowest BCUT2D eigenvalue weighted by molar-refractivity contribution is -0.348. The van der Waals surface area contributed by atoms with Crippen molar-refractivity contribution in [1.29, 1.82) is 5.26 Å². The van der Waals surface area contributed by atoms with E-state index >= 15 is 0 Å². The highest BCUT2D eigenvalue weighted by atomic mass is 127. The van der Waals surface area contributed by atoms with Crippen LogP contribution in [-0.2, 0) is 12.2 Å². The first kappa shape index (κ1) is 26.7. The molecule has 0 saturated carbocycles. The van der Waals surface area contributed by atoms with Crippen molar-refractivity contribution < 1.29 is 35.5 Å². The molecule has 2 N–H and O–H groups in total. The molecule has 1 amide bonds. The number of halogens is 8. The molecule has 4 nitrogen and oxygen atoms in total. The summed E-state index contributed by atoms with van der Waals surface area (Å²) < 4.78 is 92.0. The van der Waals surface area contributed by atoms with Gasteiger partial charge in [0.1, 0.15) is 5.54 Å². The fourth-order valence-corrected chi connectivity index (χ4v) is 3.65. The quantitative estimate of drug-likeness (QED) is 0.312. The van der Waals surface area contributed by atoms with Gasteiger partial charge in [-0.25, -0.2) is 4.39 Å². The molecule has 12 heteroatoms. The number of rotatable bonds is 6. The summed E-state index contributed by atoms with van der Waals surface area (Å²) in [6.45, 7) is 2.99. The number of nitrogens with one attached hydrogen (secondary N) is 2. The largest absolute Gasteiger partial charge is 0.435 e. The van der Waals surface area contributed by atoms with Crippen LogP contribution in [0.2, 0.25) is 0 Å². The molecule has 178 valence electrons. The summed E-state index contributed by atoms with van der Waals surface area (Å²) in [6, 6.07) is 9.41. The third kappa shape index (κ3) is 5.69. The molecule has 0 fully saturated rings. The van der Waals surface area contributed by atoms with Gasteiger partial charge < -0.3 is 10.6 Å². The van der Waals surface area contributed by atoms with E-state index in [9.17, 15) is 35.5 Å². The number of hydrogen-bond acceptors (Lipinski definition) is 3. The standard InChI is InChI=1S/C21H17F7IN3O/c1-18(2,11-30)32-17(33)16-12(4-3-5-15(16)29)10-31-14-8-6-13(7-9-14)19(22,20(23,24)25)21(26,27)28/h3-9,31H,10H2,1-2H3,(H,32,33). The molecule has 2 aromatic carbocycles. The summed E-state index contributed by atoms with van der Waals surface area (Å²) in [5.41, 5.74) is -7.43. The second-order valence-corrected chi connectivity index (χ2v) is 8.71. The molecule has 0 bridgehead atoms. The van der Waals surface area contributed by atoms with E-state index < -0.39 is 35.0 Å². The number of carbonyl (C=O) groups excluding carboxylic acids is 1. The molecule has 2 rings (SSSR count). The Morgan fingerprint density at radius 3 is 2.00 bits per heavy atom. The van der Waals surface area contributed by atoms with Crippen molar-refractivity contribution in [2.75, 3.05) is 5.32 Å². The Hall–Kier alpha value is -2.56. The highest BCUT2D eigenvalue weighted by Crippen LogP contribution is 2.53. The first-order valence-corrected chi connectivity index (χ1v) is 10.3. The highest BCUT2D eigenvalue weighted by molar-refractivity contribution is 14.1. The minimum Gasteiger partial charge on any atom is -0.381 e. The van der Waals surface area contributed by atoms with Crippen molar-refractivity contribution >= 4 is 34.2 Å².